The second kappa shape index (κ2) is 4.85. The molecule has 2 N–H and O–H groups in total. The van der Waals surface area contributed by atoms with E-state index in [0.29, 0.717) is 5.56 Å². The number of methoxy groups -OCH3 is 1. The molecule has 0 radical (unpaired) electrons. The van der Waals surface area contributed by atoms with Gasteiger partial charge in [-0.1, -0.05) is 25.5 Å². The highest BCUT2D eigenvalue weighted by Gasteiger charge is 2.49. The second-order valence-corrected chi connectivity index (χ2v) is 5.83. The van der Waals surface area contributed by atoms with Gasteiger partial charge in [-0.3, -0.25) is 4.79 Å². The van der Waals surface area contributed by atoms with E-state index in [9.17, 15) is 9.90 Å². The molecule has 0 saturated heterocycles. The summed E-state index contributed by atoms with van der Waals surface area (Å²) in [5.74, 6) is -0.211. The molecule has 0 heterocycles. The van der Waals surface area contributed by atoms with Crippen molar-refractivity contribution in [1.82, 2.24) is 5.32 Å². The number of amides is 1. The Morgan fingerprint density at radius 3 is 2.74 bits per heavy atom. The maximum atomic E-state index is 12.2. The molecule has 2 atom stereocenters. The number of ether oxygens (including phenoxy) is 1. The van der Waals surface area contributed by atoms with E-state index in [4.69, 9.17) is 4.74 Å². The number of benzene rings is 1. The van der Waals surface area contributed by atoms with Crippen LogP contribution in [0, 0.1) is 12.3 Å². The van der Waals surface area contributed by atoms with Crippen LogP contribution in [0.25, 0.3) is 0 Å². The van der Waals surface area contributed by atoms with E-state index in [1.807, 2.05) is 6.92 Å². The Bertz CT molecular complexity index is 496. The number of aryl methyl sites for hydroxylation is 1. The molecule has 1 fully saturated rings. The van der Waals surface area contributed by atoms with Gasteiger partial charge in [0, 0.05) is 18.6 Å². The molecule has 0 bridgehead atoms. The fraction of sp³-hybridized carbons (Fsp3) is 0.533. The van der Waals surface area contributed by atoms with Crippen molar-refractivity contribution >= 4 is 5.91 Å². The minimum atomic E-state index is -0.228. The highest BCUT2D eigenvalue weighted by atomic mass is 16.5. The highest BCUT2D eigenvalue weighted by Crippen LogP contribution is 2.42. The average Bonchev–Trinajstić information content (AvgIpc) is 2.36. The molecule has 1 aromatic carbocycles. The average molecular weight is 263 g/mol. The van der Waals surface area contributed by atoms with Crippen LogP contribution in [-0.4, -0.2) is 30.3 Å². The largest absolute Gasteiger partial charge is 0.507 e. The fourth-order valence-electron chi connectivity index (χ4n) is 2.60. The summed E-state index contributed by atoms with van der Waals surface area (Å²) in [5.41, 5.74) is 1.20. The van der Waals surface area contributed by atoms with Crippen molar-refractivity contribution in [3.05, 3.63) is 29.3 Å². The summed E-state index contributed by atoms with van der Waals surface area (Å²) in [4.78, 5) is 12.2. The maximum Gasteiger partial charge on any atom is 0.255 e. The number of phenols is 1. The van der Waals surface area contributed by atoms with E-state index < -0.39 is 0 Å². The first-order valence-corrected chi connectivity index (χ1v) is 6.49. The van der Waals surface area contributed by atoms with Gasteiger partial charge in [-0.2, -0.15) is 0 Å². The van der Waals surface area contributed by atoms with E-state index >= 15 is 0 Å². The Morgan fingerprint density at radius 1 is 1.47 bits per heavy atom. The first kappa shape index (κ1) is 13.9. The maximum absolute atomic E-state index is 12.2. The van der Waals surface area contributed by atoms with Crippen molar-refractivity contribution in [3.8, 4) is 5.75 Å². The molecule has 19 heavy (non-hydrogen) atoms. The zero-order valence-corrected chi connectivity index (χ0v) is 11.9. The SMILES string of the molecule is COC1CC(NC(=O)c2cc(C)ccc2O)C1(C)C. The van der Waals surface area contributed by atoms with Gasteiger partial charge in [0.1, 0.15) is 5.75 Å². The standard InChI is InChI=1S/C15H21NO3/c1-9-5-6-11(17)10(7-9)14(18)16-12-8-13(19-4)15(12,2)3/h5-7,12-13,17H,8H2,1-4H3,(H,16,18). The molecule has 2 unspecified atom stereocenters. The molecule has 1 aromatic rings. The zero-order chi connectivity index (χ0) is 14.2. The number of carbonyl (C=O) groups is 1. The van der Waals surface area contributed by atoms with E-state index in [0.717, 1.165) is 12.0 Å². The number of phenolic OH excluding ortho intramolecular Hbond substituents is 1. The van der Waals surface area contributed by atoms with Gasteiger partial charge in [0.15, 0.2) is 0 Å². The lowest BCUT2D eigenvalue weighted by molar-refractivity contribution is -0.0942. The molecule has 0 spiro atoms. The zero-order valence-electron chi connectivity index (χ0n) is 11.9. The Morgan fingerprint density at radius 2 is 2.16 bits per heavy atom. The van der Waals surface area contributed by atoms with Crippen molar-refractivity contribution in [3.63, 3.8) is 0 Å². The molecule has 1 aliphatic carbocycles. The third-order valence-electron chi connectivity index (χ3n) is 4.16. The molecule has 4 nitrogen and oxygen atoms in total. The van der Waals surface area contributed by atoms with E-state index in [1.54, 1.807) is 25.3 Å². The first-order chi connectivity index (χ1) is 8.86. The Balaban J connectivity index is 2.09. The topological polar surface area (TPSA) is 58.6 Å². The lowest BCUT2D eigenvalue weighted by Crippen LogP contribution is -2.61. The predicted molar refractivity (Wildman–Crippen MR) is 73.3 cm³/mol. The monoisotopic (exact) mass is 263 g/mol. The van der Waals surface area contributed by atoms with Gasteiger partial charge in [0.25, 0.3) is 5.91 Å². The number of aromatic hydroxyl groups is 1. The number of hydrogen-bond acceptors (Lipinski definition) is 3. The normalized spacial score (nSPS) is 24.6. The quantitative estimate of drug-likeness (QED) is 0.879. The van der Waals surface area contributed by atoms with Crippen molar-refractivity contribution in [2.75, 3.05) is 7.11 Å². The third kappa shape index (κ3) is 2.45. The van der Waals surface area contributed by atoms with Crippen LogP contribution in [0.3, 0.4) is 0 Å². The van der Waals surface area contributed by atoms with Gasteiger partial charge in [0.05, 0.1) is 11.7 Å². The molecule has 1 amide bonds. The lowest BCUT2D eigenvalue weighted by atomic mass is 9.64. The van der Waals surface area contributed by atoms with Crippen LogP contribution in [0.4, 0.5) is 0 Å². The molecule has 0 aliphatic heterocycles. The lowest BCUT2D eigenvalue weighted by Gasteiger charge is -2.51. The molecular formula is C15H21NO3. The molecule has 4 heteroatoms. The molecule has 1 aliphatic rings. The van der Waals surface area contributed by atoms with Crippen LogP contribution in [0.2, 0.25) is 0 Å². The predicted octanol–water partition coefficient (Wildman–Crippen LogP) is 2.24. The molecule has 0 aromatic heterocycles. The Hall–Kier alpha value is -1.55. The number of hydrogen-bond donors (Lipinski definition) is 2. The van der Waals surface area contributed by atoms with Crippen molar-refractivity contribution in [2.24, 2.45) is 5.41 Å². The number of rotatable bonds is 3. The van der Waals surface area contributed by atoms with Crippen LogP contribution in [0.1, 0.15) is 36.2 Å². The third-order valence-corrected chi connectivity index (χ3v) is 4.16. The summed E-state index contributed by atoms with van der Waals surface area (Å²) >= 11 is 0. The summed E-state index contributed by atoms with van der Waals surface area (Å²) < 4.78 is 5.36. The van der Waals surface area contributed by atoms with Gasteiger partial charge in [-0.15, -0.1) is 0 Å². The van der Waals surface area contributed by atoms with E-state index in [2.05, 4.69) is 19.2 Å². The summed E-state index contributed by atoms with van der Waals surface area (Å²) in [5, 5.41) is 12.7. The summed E-state index contributed by atoms with van der Waals surface area (Å²) in [6.07, 6.45) is 0.978. The first-order valence-electron chi connectivity index (χ1n) is 6.49. The smallest absolute Gasteiger partial charge is 0.255 e. The summed E-state index contributed by atoms with van der Waals surface area (Å²) in [7, 11) is 1.69. The molecular weight excluding hydrogens is 242 g/mol. The van der Waals surface area contributed by atoms with Crippen LogP contribution in [-0.2, 0) is 4.74 Å². The Kier molecular flexibility index (Phi) is 3.54. The second-order valence-electron chi connectivity index (χ2n) is 5.83. The van der Waals surface area contributed by atoms with Gasteiger partial charge < -0.3 is 15.2 Å². The van der Waals surface area contributed by atoms with Crippen molar-refractivity contribution in [2.45, 2.75) is 39.3 Å². The molecule has 2 rings (SSSR count). The number of carbonyl (C=O) groups excluding carboxylic acids is 1. The van der Waals surface area contributed by atoms with Crippen molar-refractivity contribution in [1.29, 1.82) is 0 Å². The molecule has 1 saturated carbocycles. The Labute approximate surface area is 113 Å². The minimum Gasteiger partial charge on any atom is -0.507 e. The number of nitrogens with one attached hydrogen (secondary N) is 1. The minimum absolute atomic E-state index is 0.0171. The summed E-state index contributed by atoms with van der Waals surface area (Å²) in [6.45, 7) is 6.04. The molecule has 104 valence electrons. The van der Waals surface area contributed by atoms with Crippen LogP contribution >= 0.6 is 0 Å². The van der Waals surface area contributed by atoms with Crippen LogP contribution in [0.5, 0.6) is 5.75 Å². The fourth-order valence-corrected chi connectivity index (χ4v) is 2.60. The van der Waals surface area contributed by atoms with Crippen LogP contribution < -0.4 is 5.32 Å². The van der Waals surface area contributed by atoms with Gasteiger partial charge in [-0.25, -0.2) is 0 Å². The van der Waals surface area contributed by atoms with Gasteiger partial charge in [-0.05, 0) is 25.5 Å². The highest BCUT2D eigenvalue weighted by molar-refractivity contribution is 5.97. The van der Waals surface area contributed by atoms with E-state index in [1.165, 1.54) is 0 Å². The van der Waals surface area contributed by atoms with Gasteiger partial charge in [0.2, 0.25) is 0 Å². The van der Waals surface area contributed by atoms with E-state index in [-0.39, 0.29) is 29.2 Å². The van der Waals surface area contributed by atoms with Crippen LogP contribution in [0.15, 0.2) is 18.2 Å². The summed E-state index contributed by atoms with van der Waals surface area (Å²) in [6, 6.07) is 5.10. The van der Waals surface area contributed by atoms with Gasteiger partial charge >= 0.3 is 0 Å². The van der Waals surface area contributed by atoms with Crippen molar-refractivity contribution < 1.29 is 14.6 Å².